The van der Waals surface area contributed by atoms with Gasteiger partial charge in [-0.25, -0.2) is 8.78 Å². The van der Waals surface area contributed by atoms with Crippen LogP contribution in [0.2, 0.25) is 0 Å². The Morgan fingerprint density at radius 3 is 2.68 bits per heavy atom. The van der Waals surface area contributed by atoms with E-state index < -0.39 is 28.9 Å². The van der Waals surface area contributed by atoms with E-state index in [1.807, 2.05) is 4.90 Å². The molecular formula is C17H20F2N2O4. The van der Waals surface area contributed by atoms with Crippen LogP contribution in [0.15, 0.2) is 18.2 Å². The number of hydrogen-bond acceptors (Lipinski definition) is 4. The van der Waals surface area contributed by atoms with Crippen LogP contribution in [0.5, 0.6) is 0 Å². The normalized spacial score (nSPS) is 26.0. The highest BCUT2D eigenvalue weighted by atomic mass is 19.1. The Balaban J connectivity index is 1.78. The molecule has 2 atom stereocenters. The van der Waals surface area contributed by atoms with Gasteiger partial charge in [-0.15, -0.1) is 0 Å². The predicted molar refractivity (Wildman–Crippen MR) is 84.1 cm³/mol. The molecule has 3 rings (SSSR count). The van der Waals surface area contributed by atoms with Gasteiger partial charge < -0.3 is 14.7 Å². The number of benzene rings is 1. The van der Waals surface area contributed by atoms with E-state index in [9.17, 15) is 23.5 Å². The predicted octanol–water partition coefficient (Wildman–Crippen LogP) is 1.07. The first-order valence-corrected chi connectivity index (χ1v) is 8.06. The van der Waals surface area contributed by atoms with Crippen LogP contribution in [-0.4, -0.2) is 73.2 Å². The molecule has 0 bridgehead atoms. The van der Waals surface area contributed by atoms with Gasteiger partial charge in [0.1, 0.15) is 17.0 Å². The molecule has 2 heterocycles. The molecule has 1 aromatic rings. The Morgan fingerprint density at radius 1 is 1.32 bits per heavy atom. The van der Waals surface area contributed by atoms with Crippen molar-refractivity contribution < 1.29 is 28.2 Å². The van der Waals surface area contributed by atoms with E-state index >= 15 is 0 Å². The summed E-state index contributed by atoms with van der Waals surface area (Å²) in [6.07, 6.45) is 0. The van der Waals surface area contributed by atoms with Crippen LogP contribution in [0.4, 0.5) is 8.78 Å². The molecule has 2 saturated heterocycles. The van der Waals surface area contributed by atoms with Crippen molar-refractivity contribution >= 4 is 11.9 Å². The second-order valence-electron chi connectivity index (χ2n) is 6.70. The summed E-state index contributed by atoms with van der Waals surface area (Å²) < 4.78 is 31.9. The molecule has 8 heteroatoms. The van der Waals surface area contributed by atoms with Crippen molar-refractivity contribution in [3.63, 3.8) is 0 Å². The lowest BCUT2D eigenvalue weighted by atomic mass is 9.81. The first kappa shape index (κ1) is 17.8. The lowest BCUT2D eigenvalue weighted by Crippen LogP contribution is -2.42. The van der Waals surface area contributed by atoms with Gasteiger partial charge in [-0.2, -0.15) is 0 Å². The number of nitrogens with zero attached hydrogens (tertiary/aromatic N) is 2. The molecule has 1 amide bonds. The number of carboxylic acids is 1. The fourth-order valence-corrected chi connectivity index (χ4v) is 3.85. The maximum atomic E-state index is 13.9. The molecule has 0 saturated carbocycles. The summed E-state index contributed by atoms with van der Waals surface area (Å²) in [5, 5.41) is 9.76. The fourth-order valence-electron chi connectivity index (χ4n) is 3.85. The van der Waals surface area contributed by atoms with E-state index in [4.69, 9.17) is 4.74 Å². The van der Waals surface area contributed by atoms with Crippen molar-refractivity contribution in [3.05, 3.63) is 35.4 Å². The minimum Gasteiger partial charge on any atom is -0.481 e. The smallest absolute Gasteiger partial charge is 0.313 e. The van der Waals surface area contributed by atoms with Crippen molar-refractivity contribution in [2.75, 3.05) is 46.4 Å². The number of rotatable bonds is 5. The zero-order valence-corrected chi connectivity index (χ0v) is 13.9. The molecule has 25 heavy (non-hydrogen) atoms. The van der Waals surface area contributed by atoms with Gasteiger partial charge in [0.2, 0.25) is 0 Å². The van der Waals surface area contributed by atoms with Gasteiger partial charge in [-0.3, -0.25) is 14.5 Å². The third-order valence-electron chi connectivity index (χ3n) is 5.17. The molecule has 0 spiro atoms. The summed E-state index contributed by atoms with van der Waals surface area (Å²) in [5.41, 5.74) is -1.29. The topological polar surface area (TPSA) is 70.1 Å². The molecule has 2 aliphatic rings. The molecule has 1 N–H and O–H groups in total. The monoisotopic (exact) mass is 354 g/mol. The van der Waals surface area contributed by atoms with E-state index in [0.29, 0.717) is 32.3 Å². The van der Waals surface area contributed by atoms with Gasteiger partial charge in [0.15, 0.2) is 0 Å². The van der Waals surface area contributed by atoms with Crippen LogP contribution in [0.3, 0.4) is 0 Å². The molecule has 0 aromatic heterocycles. The summed E-state index contributed by atoms with van der Waals surface area (Å²) in [6.45, 7) is 2.27. The van der Waals surface area contributed by atoms with Gasteiger partial charge in [0.05, 0.1) is 12.2 Å². The molecule has 0 aliphatic carbocycles. The SMILES string of the molecule is COCCN1C[C@H]2CN(C(=O)c3ccc(F)cc3F)C[C@@]2(C(=O)O)C1. The third kappa shape index (κ3) is 3.11. The van der Waals surface area contributed by atoms with Gasteiger partial charge in [-0.1, -0.05) is 0 Å². The van der Waals surface area contributed by atoms with Crippen LogP contribution in [-0.2, 0) is 9.53 Å². The Labute approximate surface area is 144 Å². The van der Waals surface area contributed by atoms with E-state index in [-0.39, 0.29) is 24.6 Å². The number of carbonyl (C=O) groups is 2. The van der Waals surface area contributed by atoms with Crippen molar-refractivity contribution in [3.8, 4) is 0 Å². The summed E-state index contributed by atoms with van der Waals surface area (Å²) in [7, 11) is 1.58. The minimum absolute atomic E-state index is 0.0200. The average Bonchev–Trinajstić information content (AvgIpc) is 3.07. The van der Waals surface area contributed by atoms with E-state index in [1.165, 1.54) is 4.90 Å². The summed E-state index contributed by atoms with van der Waals surface area (Å²) in [6, 6.07) is 2.77. The Kier molecular flexibility index (Phi) is 4.75. The number of amides is 1. The highest BCUT2D eigenvalue weighted by molar-refractivity contribution is 5.95. The summed E-state index contributed by atoms with van der Waals surface area (Å²) in [5.74, 6) is -3.48. The molecular weight excluding hydrogens is 334 g/mol. The molecule has 136 valence electrons. The Hall–Kier alpha value is -2.06. The molecule has 0 unspecified atom stereocenters. The van der Waals surface area contributed by atoms with E-state index in [0.717, 1.165) is 12.1 Å². The largest absolute Gasteiger partial charge is 0.481 e. The van der Waals surface area contributed by atoms with Gasteiger partial charge in [-0.05, 0) is 12.1 Å². The first-order chi connectivity index (χ1) is 11.9. The Bertz CT molecular complexity index is 699. The number of hydrogen-bond donors (Lipinski definition) is 1. The fraction of sp³-hybridized carbons (Fsp3) is 0.529. The van der Waals surface area contributed by atoms with Gasteiger partial charge in [0.25, 0.3) is 5.91 Å². The number of carbonyl (C=O) groups excluding carboxylic acids is 1. The number of ether oxygens (including phenoxy) is 1. The number of halogens is 2. The second-order valence-corrected chi connectivity index (χ2v) is 6.70. The number of methoxy groups -OCH3 is 1. The maximum absolute atomic E-state index is 13.9. The summed E-state index contributed by atoms with van der Waals surface area (Å²) in [4.78, 5) is 27.9. The van der Waals surface area contributed by atoms with Crippen LogP contribution >= 0.6 is 0 Å². The van der Waals surface area contributed by atoms with Crippen LogP contribution < -0.4 is 0 Å². The van der Waals surface area contributed by atoms with Crippen molar-refractivity contribution in [1.82, 2.24) is 9.80 Å². The zero-order chi connectivity index (χ0) is 18.2. The number of fused-ring (bicyclic) bond motifs is 1. The first-order valence-electron chi connectivity index (χ1n) is 8.06. The van der Waals surface area contributed by atoms with Crippen molar-refractivity contribution in [2.45, 2.75) is 0 Å². The Morgan fingerprint density at radius 2 is 2.08 bits per heavy atom. The van der Waals surface area contributed by atoms with E-state index in [1.54, 1.807) is 7.11 Å². The number of aliphatic carboxylic acids is 1. The molecule has 6 nitrogen and oxygen atoms in total. The number of likely N-dealkylation sites (tertiary alicyclic amines) is 2. The standard InChI is InChI=1S/C17H20F2N2O4/c1-25-5-4-20-7-11-8-21(10-17(11,9-20)16(23)24)15(22)13-3-2-12(18)6-14(13)19/h2-3,6,11H,4-5,7-10H2,1H3,(H,23,24)/t11-,17-/m0/s1. The van der Waals surface area contributed by atoms with E-state index in [2.05, 4.69) is 0 Å². The lowest BCUT2D eigenvalue weighted by Gasteiger charge is -2.25. The van der Waals surface area contributed by atoms with Gasteiger partial charge in [0, 0.05) is 51.8 Å². The highest BCUT2D eigenvalue weighted by Crippen LogP contribution is 2.43. The molecule has 2 fully saturated rings. The summed E-state index contributed by atoms with van der Waals surface area (Å²) >= 11 is 0. The van der Waals surface area contributed by atoms with Crippen molar-refractivity contribution in [1.29, 1.82) is 0 Å². The third-order valence-corrected chi connectivity index (χ3v) is 5.17. The van der Waals surface area contributed by atoms with Crippen LogP contribution in [0.25, 0.3) is 0 Å². The van der Waals surface area contributed by atoms with Crippen LogP contribution in [0, 0.1) is 23.0 Å². The number of carboxylic acid groups (broad SMARTS) is 1. The average molecular weight is 354 g/mol. The molecule has 1 aromatic carbocycles. The zero-order valence-electron chi connectivity index (χ0n) is 13.9. The van der Waals surface area contributed by atoms with Gasteiger partial charge >= 0.3 is 5.97 Å². The molecule has 2 aliphatic heterocycles. The quantitative estimate of drug-likeness (QED) is 0.857. The minimum atomic E-state index is -1.06. The second kappa shape index (κ2) is 6.68. The molecule has 0 radical (unpaired) electrons. The lowest BCUT2D eigenvalue weighted by molar-refractivity contribution is -0.148. The highest BCUT2D eigenvalue weighted by Gasteiger charge is 2.58. The van der Waals surface area contributed by atoms with Crippen LogP contribution in [0.1, 0.15) is 10.4 Å². The maximum Gasteiger partial charge on any atom is 0.313 e. The van der Waals surface area contributed by atoms with Crippen molar-refractivity contribution in [2.24, 2.45) is 11.3 Å².